The first-order chi connectivity index (χ1) is 10.3. The zero-order valence-corrected chi connectivity index (χ0v) is 11.9. The topological polar surface area (TPSA) is 108 Å². The minimum absolute atomic E-state index is 0.152. The summed E-state index contributed by atoms with van der Waals surface area (Å²) in [5.74, 6) is 1.62. The van der Waals surface area contributed by atoms with E-state index in [4.69, 9.17) is 0 Å². The highest BCUT2D eigenvalue weighted by Gasteiger charge is 2.28. The molecule has 112 valence electrons. The van der Waals surface area contributed by atoms with Gasteiger partial charge in [0.2, 0.25) is 11.9 Å². The standard InChI is InChI=1S/C13H19N7O/c1-2-14-13-19-10(9-11(20-13)18-7-17-9)15-5-6-16-12(21)8-3-4-8/h7-8H,2-6H2,1H3,(H,16,21)(H3,14,15,17,18,19,20). The molecule has 0 unspecified atom stereocenters. The van der Waals surface area contributed by atoms with Crippen LogP contribution >= 0.6 is 0 Å². The number of nitrogens with one attached hydrogen (secondary N) is 4. The molecule has 3 rings (SSSR count). The Bertz CT molecular complexity index is 634. The Hall–Kier alpha value is -2.38. The number of imidazole rings is 1. The Morgan fingerprint density at radius 2 is 2.19 bits per heavy atom. The molecule has 4 N–H and O–H groups in total. The summed E-state index contributed by atoms with van der Waals surface area (Å²) < 4.78 is 0. The zero-order valence-electron chi connectivity index (χ0n) is 11.9. The summed E-state index contributed by atoms with van der Waals surface area (Å²) in [6.07, 6.45) is 3.63. The van der Waals surface area contributed by atoms with Gasteiger partial charge in [0.15, 0.2) is 11.5 Å². The van der Waals surface area contributed by atoms with Crippen LogP contribution in [0.2, 0.25) is 0 Å². The van der Waals surface area contributed by atoms with Crippen LogP contribution in [0.5, 0.6) is 0 Å². The lowest BCUT2D eigenvalue weighted by atomic mass is 10.4. The largest absolute Gasteiger partial charge is 0.366 e. The predicted octanol–water partition coefficient (Wildman–Crippen LogP) is 0.723. The van der Waals surface area contributed by atoms with Crippen LogP contribution in [0.15, 0.2) is 6.33 Å². The lowest BCUT2D eigenvalue weighted by molar-refractivity contribution is -0.122. The van der Waals surface area contributed by atoms with Gasteiger partial charge in [-0.3, -0.25) is 4.79 Å². The van der Waals surface area contributed by atoms with Crippen molar-refractivity contribution in [1.82, 2.24) is 25.3 Å². The number of aromatic nitrogens is 4. The second kappa shape index (κ2) is 5.94. The molecule has 1 amide bonds. The van der Waals surface area contributed by atoms with Crippen molar-refractivity contribution >= 4 is 28.8 Å². The Morgan fingerprint density at radius 1 is 1.33 bits per heavy atom. The Labute approximate surface area is 122 Å². The molecule has 8 heteroatoms. The highest BCUT2D eigenvalue weighted by Crippen LogP contribution is 2.28. The molecular formula is C13H19N7O. The van der Waals surface area contributed by atoms with Crippen LogP contribution < -0.4 is 16.0 Å². The Kier molecular flexibility index (Phi) is 3.85. The number of rotatable bonds is 7. The number of aromatic amines is 1. The van der Waals surface area contributed by atoms with Gasteiger partial charge in [-0.15, -0.1) is 0 Å². The van der Waals surface area contributed by atoms with Crippen LogP contribution in [0.25, 0.3) is 11.2 Å². The van der Waals surface area contributed by atoms with Crippen molar-refractivity contribution in [3.8, 4) is 0 Å². The maximum atomic E-state index is 11.5. The number of fused-ring (bicyclic) bond motifs is 1. The zero-order chi connectivity index (χ0) is 14.7. The SMILES string of the molecule is CCNc1nc(NCCNC(=O)C2CC2)c2[nH]cnc2n1. The molecule has 0 saturated heterocycles. The summed E-state index contributed by atoms with van der Waals surface area (Å²) in [6, 6.07) is 0. The van der Waals surface area contributed by atoms with Crippen LogP contribution in [0.3, 0.4) is 0 Å². The molecule has 0 radical (unpaired) electrons. The summed E-state index contributed by atoms with van der Waals surface area (Å²) >= 11 is 0. The summed E-state index contributed by atoms with van der Waals surface area (Å²) in [7, 11) is 0. The fraction of sp³-hybridized carbons (Fsp3) is 0.538. The second-order valence-electron chi connectivity index (χ2n) is 5.02. The van der Waals surface area contributed by atoms with Crippen molar-refractivity contribution in [3.63, 3.8) is 0 Å². The van der Waals surface area contributed by atoms with E-state index < -0.39 is 0 Å². The van der Waals surface area contributed by atoms with E-state index >= 15 is 0 Å². The number of carbonyl (C=O) groups excluding carboxylic acids is 1. The number of nitrogens with zero attached hydrogens (tertiary/aromatic N) is 3. The van der Waals surface area contributed by atoms with Gasteiger partial charge in [-0.2, -0.15) is 9.97 Å². The summed E-state index contributed by atoms with van der Waals surface area (Å²) in [6.45, 7) is 3.91. The Balaban J connectivity index is 1.61. The maximum absolute atomic E-state index is 11.5. The molecular weight excluding hydrogens is 270 g/mol. The van der Waals surface area contributed by atoms with Crippen molar-refractivity contribution in [2.24, 2.45) is 5.92 Å². The number of hydrogen-bond donors (Lipinski definition) is 4. The fourth-order valence-corrected chi connectivity index (χ4v) is 2.05. The molecule has 0 spiro atoms. The minimum atomic E-state index is 0.152. The lowest BCUT2D eigenvalue weighted by Crippen LogP contribution is -2.30. The third-order valence-electron chi connectivity index (χ3n) is 3.29. The van der Waals surface area contributed by atoms with Gasteiger partial charge in [0.25, 0.3) is 0 Å². The van der Waals surface area contributed by atoms with E-state index in [1.807, 2.05) is 6.92 Å². The van der Waals surface area contributed by atoms with Gasteiger partial charge in [-0.1, -0.05) is 0 Å². The number of anilines is 2. The van der Waals surface area contributed by atoms with Crippen molar-refractivity contribution < 1.29 is 4.79 Å². The van der Waals surface area contributed by atoms with Crippen LogP contribution in [-0.2, 0) is 4.79 Å². The van der Waals surface area contributed by atoms with Crippen LogP contribution in [0.1, 0.15) is 19.8 Å². The number of carbonyl (C=O) groups is 1. The maximum Gasteiger partial charge on any atom is 0.226 e. The van der Waals surface area contributed by atoms with Gasteiger partial charge < -0.3 is 20.9 Å². The predicted molar refractivity (Wildman–Crippen MR) is 80.1 cm³/mol. The molecule has 1 fully saturated rings. The van der Waals surface area contributed by atoms with Crippen molar-refractivity contribution in [3.05, 3.63) is 6.33 Å². The number of H-pyrrole nitrogens is 1. The van der Waals surface area contributed by atoms with Gasteiger partial charge in [0.05, 0.1) is 6.33 Å². The van der Waals surface area contributed by atoms with E-state index in [0.29, 0.717) is 30.5 Å². The summed E-state index contributed by atoms with van der Waals surface area (Å²) in [5, 5.41) is 9.20. The summed E-state index contributed by atoms with van der Waals surface area (Å²) in [5.41, 5.74) is 1.38. The Morgan fingerprint density at radius 3 is 2.95 bits per heavy atom. The molecule has 1 aliphatic carbocycles. The quantitative estimate of drug-likeness (QED) is 0.560. The molecule has 8 nitrogen and oxygen atoms in total. The first-order valence-electron chi connectivity index (χ1n) is 7.24. The number of hydrogen-bond acceptors (Lipinski definition) is 6. The highest BCUT2D eigenvalue weighted by molar-refractivity contribution is 5.84. The van der Waals surface area contributed by atoms with Crippen molar-refractivity contribution in [1.29, 1.82) is 0 Å². The molecule has 2 heterocycles. The molecule has 0 aromatic carbocycles. The average Bonchev–Trinajstić information content (AvgIpc) is 3.22. The van der Waals surface area contributed by atoms with E-state index in [-0.39, 0.29) is 11.8 Å². The van der Waals surface area contributed by atoms with E-state index in [1.54, 1.807) is 6.33 Å². The number of amides is 1. The third-order valence-corrected chi connectivity index (χ3v) is 3.29. The monoisotopic (exact) mass is 289 g/mol. The first-order valence-corrected chi connectivity index (χ1v) is 7.24. The van der Waals surface area contributed by atoms with Gasteiger partial charge in [0, 0.05) is 25.6 Å². The third kappa shape index (κ3) is 3.21. The minimum Gasteiger partial charge on any atom is -0.366 e. The van der Waals surface area contributed by atoms with Crippen LogP contribution in [-0.4, -0.2) is 45.5 Å². The second-order valence-corrected chi connectivity index (χ2v) is 5.02. The average molecular weight is 289 g/mol. The normalized spacial score (nSPS) is 14.1. The van der Waals surface area contributed by atoms with E-state index in [2.05, 4.69) is 35.9 Å². The summed E-state index contributed by atoms with van der Waals surface area (Å²) in [4.78, 5) is 27.4. The van der Waals surface area contributed by atoms with Crippen LogP contribution in [0, 0.1) is 5.92 Å². The van der Waals surface area contributed by atoms with E-state index in [1.165, 1.54) is 0 Å². The molecule has 1 saturated carbocycles. The van der Waals surface area contributed by atoms with Crippen LogP contribution in [0.4, 0.5) is 11.8 Å². The van der Waals surface area contributed by atoms with E-state index in [0.717, 1.165) is 24.9 Å². The highest BCUT2D eigenvalue weighted by atomic mass is 16.2. The van der Waals surface area contributed by atoms with Gasteiger partial charge in [-0.25, -0.2) is 4.98 Å². The molecule has 0 aliphatic heterocycles. The molecule has 21 heavy (non-hydrogen) atoms. The first kappa shape index (κ1) is 13.6. The van der Waals surface area contributed by atoms with Crippen molar-refractivity contribution in [2.45, 2.75) is 19.8 Å². The van der Waals surface area contributed by atoms with Gasteiger partial charge in [-0.05, 0) is 19.8 Å². The van der Waals surface area contributed by atoms with E-state index in [9.17, 15) is 4.79 Å². The molecule has 1 aliphatic rings. The molecule has 0 atom stereocenters. The molecule has 2 aromatic rings. The lowest BCUT2D eigenvalue weighted by Gasteiger charge is -2.09. The fourth-order valence-electron chi connectivity index (χ4n) is 2.05. The molecule has 0 bridgehead atoms. The van der Waals surface area contributed by atoms with Gasteiger partial charge >= 0.3 is 0 Å². The van der Waals surface area contributed by atoms with Crippen molar-refractivity contribution in [2.75, 3.05) is 30.3 Å². The smallest absolute Gasteiger partial charge is 0.226 e. The molecule has 2 aromatic heterocycles. The van der Waals surface area contributed by atoms with Gasteiger partial charge in [0.1, 0.15) is 5.52 Å².